The highest BCUT2D eigenvalue weighted by Crippen LogP contribution is 2.30. The Kier molecular flexibility index (Phi) is 6.02. The molecule has 0 aliphatic carbocycles. The van der Waals surface area contributed by atoms with Crippen LogP contribution in [-0.4, -0.2) is 30.4 Å². The lowest BCUT2D eigenvalue weighted by molar-refractivity contribution is -0.120. The molecule has 2 amide bonds. The molecular formula is C20H12Cl2FN5O4S. The van der Waals surface area contributed by atoms with E-state index < -0.39 is 27.7 Å². The third-order valence-electron chi connectivity index (χ3n) is 4.42. The minimum Gasteiger partial charge on any atom is -0.350 e. The van der Waals surface area contributed by atoms with Crippen LogP contribution in [0.4, 0.5) is 21.6 Å². The highest BCUT2D eigenvalue weighted by molar-refractivity contribution is 7.92. The second kappa shape index (κ2) is 8.77. The summed E-state index contributed by atoms with van der Waals surface area (Å²) in [5, 5.41) is 9.67. The van der Waals surface area contributed by atoms with Crippen molar-refractivity contribution in [2.75, 3.05) is 14.9 Å². The number of anilines is 3. The zero-order valence-corrected chi connectivity index (χ0v) is 18.6. The van der Waals surface area contributed by atoms with E-state index in [0.717, 1.165) is 17.0 Å². The van der Waals surface area contributed by atoms with E-state index in [1.807, 2.05) is 0 Å². The van der Waals surface area contributed by atoms with Crippen molar-refractivity contribution < 1.29 is 22.4 Å². The van der Waals surface area contributed by atoms with Crippen LogP contribution in [0.3, 0.4) is 0 Å². The van der Waals surface area contributed by atoms with Crippen molar-refractivity contribution in [2.24, 2.45) is 0 Å². The fourth-order valence-electron chi connectivity index (χ4n) is 2.86. The molecule has 0 spiro atoms. The van der Waals surface area contributed by atoms with Gasteiger partial charge in [-0.1, -0.05) is 23.2 Å². The first kappa shape index (κ1) is 22.6. The van der Waals surface area contributed by atoms with Crippen molar-refractivity contribution in [3.63, 3.8) is 0 Å². The van der Waals surface area contributed by atoms with Gasteiger partial charge in [0.15, 0.2) is 11.0 Å². The summed E-state index contributed by atoms with van der Waals surface area (Å²) in [7, 11) is -3.97. The summed E-state index contributed by atoms with van der Waals surface area (Å²) in [6, 6.07) is 12.8. The van der Waals surface area contributed by atoms with Crippen LogP contribution in [0.2, 0.25) is 5.15 Å². The number of nitrogens with one attached hydrogen (secondary N) is 2. The molecule has 9 nitrogen and oxygen atoms in total. The summed E-state index contributed by atoms with van der Waals surface area (Å²) in [6.07, 6.45) is 0. The van der Waals surface area contributed by atoms with E-state index in [1.54, 1.807) is 0 Å². The summed E-state index contributed by atoms with van der Waals surface area (Å²) in [5.41, 5.74) is 0.255. The number of rotatable bonds is 6. The van der Waals surface area contributed by atoms with E-state index in [2.05, 4.69) is 20.2 Å². The van der Waals surface area contributed by atoms with E-state index in [0.29, 0.717) is 5.69 Å². The van der Waals surface area contributed by atoms with Gasteiger partial charge in [0.25, 0.3) is 21.8 Å². The molecule has 0 fully saturated rings. The molecule has 33 heavy (non-hydrogen) atoms. The van der Waals surface area contributed by atoms with Crippen LogP contribution < -0.4 is 14.9 Å². The summed E-state index contributed by atoms with van der Waals surface area (Å²) >= 11 is 11.7. The van der Waals surface area contributed by atoms with Crippen LogP contribution in [0, 0.1) is 5.82 Å². The summed E-state index contributed by atoms with van der Waals surface area (Å²) < 4.78 is 40.5. The number of nitrogens with zero attached hydrogens (tertiary/aromatic N) is 3. The molecule has 2 aromatic carbocycles. The summed E-state index contributed by atoms with van der Waals surface area (Å²) in [5.74, 6) is -2.06. The second-order valence-electron chi connectivity index (χ2n) is 6.61. The molecule has 0 saturated heterocycles. The Morgan fingerprint density at radius 2 is 1.52 bits per heavy atom. The zero-order chi connectivity index (χ0) is 23.8. The first-order valence-electron chi connectivity index (χ1n) is 9.09. The first-order chi connectivity index (χ1) is 15.7. The average Bonchev–Trinajstić information content (AvgIpc) is 2.99. The van der Waals surface area contributed by atoms with Crippen molar-refractivity contribution in [3.05, 3.63) is 82.4 Å². The Bertz CT molecular complexity index is 1380. The number of benzene rings is 2. The number of halogens is 3. The van der Waals surface area contributed by atoms with E-state index in [9.17, 15) is 22.4 Å². The van der Waals surface area contributed by atoms with Crippen molar-refractivity contribution >= 4 is 62.2 Å². The van der Waals surface area contributed by atoms with Crippen LogP contribution in [0.1, 0.15) is 0 Å². The predicted molar refractivity (Wildman–Crippen MR) is 120 cm³/mol. The first-order valence-corrected chi connectivity index (χ1v) is 11.3. The van der Waals surface area contributed by atoms with Gasteiger partial charge in [-0.2, -0.15) is 0 Å². The summed E-state index contributed by atoms with van der Waals surface area (Å²) in [4.78, 5) is 25.9. The van der Waals surface area contributed by atoms with Crippen LogP contribution in [0.25, 0.3) is 0 Å². The minimum atomic E-state index is -3.97. The maximum absolute atomic E-state index is 13.2. The SMILES string of the molecule is O=C1C(Cl)=C(Nc2ccc(S(=O)(=O)Nc3ccc(Cl)nn3)cc2)C(=O)N1c1ccc(F)cc1. The van der Waals surface area contributed by atoms with Crippen molar-refractivity contribution in [3.8, 4) is 0 Å². The van der Waals surface area contributed by atoms with E-state index in [4.69, 9.17) is 23.2 Å². The van der Waals surface area contributed by atoms with Gasteiger partial charge in [-0.05, 0) is 60.7 Å². The Morgan fingerprint density at radius 3 is 2.12 bits per heavy atom. The van der Waals surface area contributed by atoms with Gasteiger partial charge in [-0.25, -0.2) is 17.7 Å². The number of carbonyl (C=O) groups excluding carboxylic acids is 2. The molecule has 2 heterocycles. The highest BCUT2D eigenvalue weighted by Gasteiger charge is 2.39. The Labute approximate surface area is 196 Å². The number of imide groups is 1. The van der Waals surface area contributed by atoms with Gasteiger partial charge >= 0.3 is 0 Å². The fraction of sp³-hybridized carbons (Fsp3) is 0. The maximum Gasteiger partial charge on any atom is 0.283 e. The summed E-state index contributed by atoms with van der Waals surface area (Å²) in [6.45, 7) is 0. The predicted octanol–water partition coefficient (Wildman–Crippen LogP) is 3.51. The Hall–Kier alpha value is -3.54. The number of hydrogen-bond acceptors (Lipinski definition) is 7. The highest BCUT2D eigenvalue weighted by atomic mass is 35.5. The molecular weight excluding hydrogens is 496 g/mol. The van der Waals surface area contributed by atoms with Gasteiger partial charge < -0.3 is 5.32 Å². The number of amides is 2. The van der Waals surface area contributed by atoms with E-state index >= 15 is 0 Å². The largest absolute Gasteiger partial charge is 0.350 e. The van der Waals surface area contributed by atoms with Crippen molar-refractivity contribution in [2.45, 2.75) is 4.90 Å². The quantitative estimate of drug-likeness (QED) is 0.489. The van der Waals surface area contributed by atoms with Crippen molar-refractivity contribution in [1.82, 2.24) is 10.2 Å². The lowest BCUT2D eigenvalue weighted by Gasteiger charge is -2.15. The Balaban J connectivity index is 1.51. The second-order valence-corrected chi connectivity index (χ2v) is 9.05. The average molecular weight is 508 g/mol. The number of carbonyl (C=O) groups is 2. The van der Waals surface area contributed by atoms with Gasteiger partial charge in [0.2, 0.25) is 0 Å². The molecule has 1 aromatic heterocycles. The van der Waals surface area contributed by atoms with Gasteiger partial charge in [0.05, 0.1) is 10.6 Å². The topological polar surface area (TPSA) is 121 Å². The fourth-order valence-corrected chi connectivity index (χ4v) is 4.17. The van der Waals surface area contributed by atoms with Crippen LogP contribution in [0.5, 0.6) is 0 Å². The van der Waals surface area contributed by atoms with Crippen LogP contribution in [0.15, 0.2) is 76.3 Å². The third kappa shape index (κ3) is 4.65. The monoisotopic (exact) mass is 507 g/mol. The minimum absolute atomic E-state index is 0.0190. The molecule has 0 bridgehead atoms. The molecule has 2 N–H and O–H groups in total. The van der Waals surface area contributed by atoms with Gasteiger partial charge in [0, 0.05) is 5.69 Å². The van der Waals surface area contributed by atoms with Crippen LogP contribution >= 0.6 is 23.2 Å². The lowest BCUT2D eigenvalue weighted by Crippen LogP contribution is -2.32. The van der Waals surface area contributed by atoms with E-state index in [1.165, 1.54) is 48.5 Å². The molecule has 0 unspecified atom stereocenters. The van der Waals surface area contributed by atoms with E-state index in [-0.39, 0.29) is 32.3 Å². The number of hydrogen-bond donors (Lipinski definition) is 2. The maximum atomic E-state index is 13.2. The molecule has 1 aliphatic heterocycles. The zero-order valence-electron chi connectivity index (χ0n) is 16.3. The molecule has 0 radical (unpaired) electrons. The molecule has 4 rings (SSSR count). The van der Waals surface area contributed by atoms with Crippen LogP contribution in [-0.2, 0) is 19.6 Å². The lowest BCUT2D eigenvalue weighted by atomic mass is 10.3. The smallest absolute Gasteiger partial charge is 0.283 e. The molecule has 3 aromatic rings. The van der Waals surface area contributed by atoms with Gasteiger partial charge in [-0.15, -0.1) is 10.2 Å². The standard InChI is InChI=1S/C20H12Cl2FN5O4S/c21-15-9-10-16(26-25-15)27-33(31,32)14-7-3-12(4-8-14)24-18-17(22)19(29)28(20(18)30)13-5-1-11(23)2-6-13/h1-10,24H,(H,26,27). The van der Waals surface area contributed by atoms with Crippen molar-refractivity contribution in [1.29, 1.82) is 0 Å². The molecule has 168 valence electrons. The Morgan fingerprint density at radius 1 is 0.848 bits per heavy atom. The molecule has 1 aliphatic rings. The molecule has 0 saturated carbocycles. The number of aromatic nitrogens is 2. The van der Waals surface area contributed by atoms with Gasteiger partial charge in [-0.3, -0.25) is 14.3 Å². The molecule has 13 heteroatoms. The van der Waals surface area contributed by atoms with Gasteiger partial charge in [0.1, 0.15) is 16.5 Å². The molecule has 0 atom stereocenters. The number of sulfonamides is 1. The normalized spacial score (nSPS) is 14.1. The third-order valence-corrected chi connectivity index (χ3v) is 6.34.